The Labute approximate surface area is 344 Å². The summed E-state index contributed by atoms with van der Waals surface area (Å²) < 4.78 is 48.0. The molecule has 1 aliphatic rings. The monoisotopic (exact) mass is 832 g/mol. The maximum atomic E-state index is 15.7. The number of carbonyl (C=O) groups is 4. The molecule has 0 radical (unpaired) electrons. The van der Waals surface area contributed by atoms with Crippen LogP contribution in [0.2, 0.25) is 5.02 Å². The third-order valence-corrected chi connectivity index (χ3v) is 10.7. The summed E-state index contributed by atoms with van der Waals surface area (Å²) in [6.07, 6.45) is 4.22. The fraction of sp³-hybridized carbons (Fsp3) is 0.333. The van der Waals surface area contributed by atoms with Crippen LogP contribution >= 0.6 is 11.6 Å². The highest BCUT2D eigenvalue weighted by molar-refractivity contribution is 6.34. The first kappa shape index (κ1) is 42.6. The lowest BCUT2D eigenvalue weighted by Crippen LogP contribution is -3.05. The van der Waals surface area contributed by atoms with Gasteiger partial charge in [-0.25, -0.2) is 18.2 Å². The largest absolute Gasteiger partial charge is 0.340 e. The summed E-state index contributed by atoms with van der Waals surface area (Å²) in [5.74, 6) is -4.50. The highest BCUT2D eigenvalue weighted by Gasteiger charge is 2.30. The lowest BCUT2D eigenvalue weighted by Gasteiger charge is -2.36. The third-order valence-electron chi connectivity index (χ3n) is 10.4. The number of halogens is 4. The molecule has 1 saturated heterocycles. The van der Waals surface area contributed by atoms with Crippen LogP contribution in [0.25, 0.3) is 22.4 Å². The van der Waals surface area contributed by atoms with E-state index in [4.69, 9.17) is 11.6 Å². The van der Waals surface area contributed by atoms with Gasteiger partial charge in [0.2, 0.25) is 11.8 Å². The van der Waals surface area contributed by atoms with Gasteiger partial charge >= 0.3 is 0 Å². The van der Waals surface area contributed by atoms with Crippen molar-refractivity contribution in [2.75, 3.05) is 57.5 Å². The highest BCUT2D eigenvalue weighted by Crippen LogP contribution is 2.33. The second-order valence-electron chi connectivity index (χ2n) is 14.8. The zero-order valence-electron chi connectivity index (χ0n) is 33.4. The number of piperazine rings is 1. The molecule has 1 atom stereocenters. The Hall–Kier alpha value is -6.00. The smallest absolute Gasteiger partial charge is 0.291 e. The Balaban J connectivity index is 1.09. The average Bonchev–Trinajstić information content (AvgIpc) is 3.77. The minimum atomic E-state index is -1.19. The second kappa shape index (κ2) is 18.3. The zero-order valence-corrected chi connectivity index (χ0v) is 34.2. The van der Waals surface area contributed by atoms with E-state index in [2.05, 4.69) is 34.8 Å². The van der Waals surface area contributed by atoms with E-state index < -0.39 is 29.3 Å². The molecule has 1 fully saturated rings. The number of nitrogens with one attached hydrogen (secondary N) is 3. The van der Waals surface area contributed by atoms with Crippen molar-refractivity contribution in [3.63, 3.8) is 0 Å². The number of nitrogens with zero attached hydrogens (tertiary/aromatic N) is 6. The number of para-hydroxylation sites is 1. The maximum absolute atomic E-state index is 15.7. The van der Waals surface area contributed by atoms with Crippen LogP contribution in [-0.2, 0) is 23.2 Å². The Morgan fingerprint density at radius 2 is 1.58 bits per heavy atom. The van der Waals surface area contributed by atoms with E-state index in [0.717, 1.165) is 19.4 Å². The molecule has 0 spiro atoms. The van der Waals surface area contributed by atoms with Crippen molar-refractivity contribution in [3.8, 4) is 22.4 Å². The lowest BCUT2D eigenvalue weighted by atomic mass is 10.00. The molecule has 3 heterocycles. The average molecular weight is 833 g/mol. The number of anilines is 2. The number of benzene rings is 3. The summed E-state index contributed by atoms with van der Waals surface area (Å²) in [6.45, 7) is 5.81. The number of carbonyl (C=O) groups excluding carboxylic acids is 4. The minimum Gasteiger partial charge on any atom is -0.340 e. The zero-order chi connectivity index (χ0) is 42.5. The Morgan fingerprint density at radius 3 is 2.25 bits per heavy atom. The van der Waals surface area contributed by atoms with Gasteiger partial charge in [-0.1, -0.05) is 36.7 Å². The molecular weight excluding hydrogens is 787 g/mol. The van der Waals surface area contributed by atoms with E-state index >= 15 is 8.78 Å². The van der Waals surface area contributed by atoms with Crippen LogP contribution in [0.15, 0.2) is 67.0 Å². The van der Waals surface area contributed by atoms with E-state index in [9.17, 15) is 23.6 Å². The Morgan fingerprint density at radius 1 is 0.898 bits per heavy atom. The number of quaternary nitrogens is 1. The summed E-state index contributed by atoms with van der Waals surface area (Å²) in [4.78, 5) is 61.4. The molecule has 2 aromatic heterocycles. The normalized spacial score (nSPS) is 13.5. The summed E-state index contributed by atoms with van der Waals surface area (Å²) in [7, 11) is 5.61. The third kappa shape index (κ3) is 9.50. The summed E-state index contributed by atoms with van der Waals surface area (Å²) in [6, 6.07) is 12.9. The molecule has 13 nitrogen and oxygen atoms in total. The minimum absolute atomic E-state index is 0.00152. The van der Waals surface area contributed by atoms with Crippen LogP contribution in [0.1, 0.15) is 46.4 Å². The number of rotatable bonds is 13. The van der Waals surface area contributed by atoms with E-state index in [1.807, 2.05) is 11.8 Å². The quantitative estimate of drug-likeness (QED) is 0.152. The molecule has 59 heavy (non-hydrogen) atoms. The van der Waals surface area contributed by atoms with Gasteiger partial charge < -0.3 is 29.9 Å². The van der Waals surface area contributed by atoms with Gasteiger partial charge in [0.15, 0.2) is 17.5 Å². The number of aryl methyl sites for hydroxylation is 1. The van der Waals surface area contributed by atoms with Crippen molar-refractivity contribution in [1.29, 1.82) is 0 Å². The first-order valence-corrected chi connectivity index (χ1v) is 19.6. The Kier molecular flexibility index (Phi) is 13.2. The van der Waals surface area contributed by atoms with Gasteiger partial charge in [0.1, 0.15) is 12.4 Å². The first-order valence-electron chi connectivity index (χ1n) is 19.2. The molecule has 17 heteroatoms. The number of aromatic nitrogens is 4. The van der Waals surface area contributed by atoms with Crippen molar-refractivity contribution in [3.05, 3.63) is 107 Å². The van der Waals surface area contributed by atoms with Crippen LogP contribution in [0, 0.1) is 30.3 Å². The van der Waals surface area contributed by atoms with Gasteiger partial charge in [-0.2, -0.15) is 5.10 Å². The molecular formula is C42H46ClF3N9O4+. The predicted molar refractivity (Wildman–Crippen MR) is 218 cm³/mol. The maximum Gasteiger partial charge on any atom is 0.291 e. The van der Waals surface area contributed by atoms with Gasteiger partial charge in [-0.3, -0.25) is 23.9 Å². The molecule has 0 aliphatic carbocycles. The predicted octanol–water partition coefficient (Wildman–Crippen LogP) is 5.07. The summed E-state index contributed by atoms with van der Waals surface area (Å²) in [5, 5.41) is 9.53. The standard InChI is InChI=1S/C42H45ClF3N9O4/c1-6-26(15-16-51(3)4)41(58)53-17-19-54(20-18-53)42(59)29-12-11-27(21-32(29)43)48-40(57)39-47-22-35(52(39)5)30-14-13-28(37(45)38(30)46)31-23-55(50-25(31)2)24-36(56)49-34-10-8-7-9-33(34)44/h7-14,21-23,26H,6,15-20,24H2,1-5H3,(H,48,57)(H,49,56)/p+1. The van der Waals surface area contributed by atoms with Crippen molar-refractivity contribution in [2.24, 2.45) is 13.0 Å². The van der Waals surface area contributed by atoms with Crippen LogP contribution < -0.4 is 15.5 Å². The number of imidazole rings is 1. The van der Waals surface area contributed by atoms with Crippen molar-refractivity contribution in [2.45, 2.75) is 33.2 Å². The fourth-order valence-electron chi connectivity index (χ4n) is 7.07. The van der Waals surface area contributed by atoms with Crippen molar-refractivity contribution in [1.82, 2.24) is 29.1 Å². The first-order chi connectivity index (χ1) is 28.2. The summed E-state index contributed by atoms with van der Waals surface area (Å²) in [5.41, 5.74) is 0.975. The molecule has 1 unspecified atom stereocenters. The lowest BCUT2D eigenvalue weighted by molar-refractivity contribution is -0.858. The number of hydrogen-bond donors (Lipinski definition) is 3. The van der Waals surface area contributed by atoms with Crippen molar-refractivity contribution >= 4 is 46.6 Å². The number of amides is 4. The van der Waals surface area contributed by atoms with Gasteiger partial charge in [-0.15, -0.1) is 0 Å². The SMILES string of the molecule is CCC(CC[NH+](C)C)C(=O)N1CCN(C(=O)c2ccc(NC(=O)c3ncc(-c4ccc(-c5cn(CC(=O)Nc6ccccc6F)nc5C)c(F)c4F)n3C)cc2Cl)CC1. The van der Waals surface area contributed by atoms with E-state index in [-0.39, 0.29) is 74.4 Å². The van der Waals surface area contributed by atoms with Gasteiger partial charge in [0.05, 0.1) is 54.5 Å². The number of hydrogen-bond acceptors (Lipinski definition) is 6. The highest BCUT2D eigenvalue weighted by atomic mass is 35.5. The Bertz CT molecular complexity index is 2390. The van der Waals surface area contributed by atoms with Gasteiger partial charge in [0, 0.05) is 74.1 Å². The van der Waals surface area contributed by atoms with Crippen molar-refractivity contribution < 1.29 is 37.2 Å². The van der Waals surface area contributed by atoms with Gasteiger partial charge in [0.25, 0.3) is 11.8 Å². The van der Waals surface area contributed by atoms with Gasteiger partial charge in [-0.05, 0) is 49.7 Å². The molecule has 1 aliphatic heterocycles. The van der Waals surface area contributed by atoms with Crippen LogP contribution in [0.4, 0.5) is 24.5 Å². The molecule has 4 amide bonds. The topological polar surface area (TPSA) is 139 Å². The molecule has 0 saturated carbocycles. The van der Waals surface area contributed by atoms with Crippen LogP contribution in [0.3, 0.4) is 0 Å². The fourth-order valence-corrected chi connectivity index (χ4v) is 7.33. The van der Waals surface area contributed by atoms with E-state index in [1.165, 1.54) is 82.1 Å². The second-order valence-corrected chi connectivity index (χ2v) is 15.2. The van der Waals surface area contributed by atoms with Crippen LogP contribution in [0.5, 0.6) is 0 Å². The molecule has 5 aromatic rings. The molecule has 3 N–H and O–H groups in total. The van der Waals surface area contributed by atoms with Crippen LogP contribution in [-0.4, -0.2) is 99.6 Å². The molecule has 6 rings (SSSR count). The van der Waals surface area contributed by atoms with E-state index in [1.54, 1.807) is 17.9 Å². The molecule has 3 aromatic carbocycles. The molecule has 0 bridgehead atoms. The van der Waals surface area contributed by atoms with E-state index in [0.29, 0.717) is 31.9 Å². The summed E-state index contributed by atoms with van der Waals surface area (Å²) >= 11 is 6.55. The molecule has 310 valence electrons.